The summed E-state index contributed by atoms with van der Waals surface area (Å²) in [6.07, 6.45) is 2.38. The van der Waals surface area contributed by atoms with Crippen LogP contribution in [-0.4, -0.2) is 66.1 Å². The number of benzene rings is 2. The molecule has 0 fully saturated rings. The third-order valence-corrected chi connectivity index (χ3v) is 5.57. The van der Waals surface area contributed by atoms with Gasteiger partial charge in [-0.15, -0.1) is 0 Å². The summed E-state index contributed by atoms with van der Waals surface area (Å²) in [5.41, 5.74) is 3.15. The van der Waals surface area contributed by atoms with Gasteiger partial charge in [-0.1, -0.05) is 0 Å². The van der Waals surface area contributed by atoms with Gasteiger partial charge >= 0.3 is 0 Å². The molecule has 35 heavy (non-hydrogen) atoms. The van der Waals surface area contributed by atoms with E-state index in [1.807, 2.05) is 13.8 Å². The molecule has 0 aliphatic carbocycles. The number of ether oxygens (including phenoxy) is 3. The van der Waals surface area contributed by atoms with Crippen LogP contribution in [0.25, 0.3) is 0 Å². The molecular weight excluding hydrogens is 476 g/mol. The van der Waals surface area contributed by atoms with Crippen LogP contribution in [0.2, 0.25) is 0 Å². The van der Waals surface area contributed by atoms with Crippen LogP contribution >= 0.6 is 0 Å². The molecule has 11 nitrogen and oxygen atoms in total. The molecule has 0 atom stereocenters. The second-order valence-electron chi connectivity index (χ2n) is 7.68. The Morgan fingerprint density at radius 3 is 2.26 bits per heavy atom. The second kappa shape index (κ2) is 12.6. The number of carbonyl (C=O) groups is 2. The fourth-order valence-corrected chi connectivity index (χ4v) is 3.74. The van der Waals surface area contributed by atoms with Crippen LogP contribution in [-0.2, 0) is 19.6 Å². The average Bonchev–Trinajstić information content (AvgIpc) is 2.80. The smallest absolute Gasteiger partial charge is 0.260 e. The van der Waals surface area contributed by atoms with Crippen molar-refractivity contribution >= 4 is 33.7 Å². The normalized spacial score (nSPS) is 11.3. The lowest BCUT2D eigenvalue weighted by molar-refractivity contribution is -0.123. The molecule has 2 aromatic rings. The van der Waals surface area contributed by atoms with Gasteiger partial charge in [0.15, 0.2) is 6.61 Å². The third kappa shape index (κ3) is 8.81. The Hall–Kier alpha value is -3.80. The van der Waals surface area contributed by atoms with Gasteiger partial charge in [0.25, 0.3) is 11.8 Å². The topological polar surface area (TPSA) is 136 Å². The van der Waals surface area contributed by atoms with Crippen LogP contribution in [0.1, 0.15) is 19.4 Å². The Morgan fingerprint density at radius 2 is 1.69 bits per heavy atom. The fourth-order valence-electron chi connectivity index (χ4n) is 2.88. The molecule has 0 spiro atoms. The van der Waals surface area contributed by atoms with Crippen molar-refractivity contribution < 1.29 is 32.2 Å². The molecule has 2 N–H and O–H groups in total. The largest absolute Gasteiger partial charge is 0.497 e. The monoisotopic (exact) mass is 506 g/mol. The Kier molecular flexibility index (Phi) is 9.88. The number of hydrogen-bond donors (Lipinski definition) is 2. The third-order valence-electron chi connectivity index (χ3n) is 4.45. The lowest BCUT2D eigenvalue weighted by Crippen LogP contribution is -2.39. The molecule has 0 radical (unpaired) electrons. The first-order valence-electron chi connectivity index (χ1n) is 10.6. The minimum Gasteiger partial charge on any atom is -0.497 e. The van der Waals surface area contributed by atoms with Gasteiger partial charge in [-0.2, -0.15) is 5.10 Å². The van der Waals surface area contributed by atoms with E-state index in [9.17, 15) is 18.0 Å². The molecule has 0 aromatic heterocycles. The van der Waals surface area contributed by atoms with Gasteiger partial charge in [-0.25, -0.2) is 13.8 Å². The van der Waals surface area contributed by atoms with Crippen LogP contribution in [0.15, 0.2) is 47.6 Å². The van der Waals surface area contributed by atoms with Gasteiger partial charge in [-0.3, -0.25) is 13.9 Å². The van der Waals surface area contributed by atoms with Crippen LogP contribution in [0, 0.1) is 0 Å². The SMILES string of the molecule is COc1ccc(N(CC(=O)N/N=C\c2ccc(OCC(=O)NC(C)C)cc2)S(C)(=O)=O)c(OC)c1. The number of rotatable bonds is 12. The Balaban J connectivity index is 1.99. The summed E-state index contributed by atoms with van der Waals surface area (Å²) in [6, 6.07) is 11.3. The number of carbonyl (C=O) groups excluding carboxylic acids is 2. The number of methoxy groups -OCH3 is 2. The number of sulfonamides is 1. The summed E-state index contributed by atoms with van der Waals surface area (Å²) in [5.74, 6) is 0.338. The molecule has 0 saturated heterocycles. The fraction of sp³-hybridized carbons (Fsp3) is 0.348. The highest BCUT2D eigenvalue weighted by atomic mass is 32.2. The molecule has 0 aliphatic heterocycles. The first-order chi connectivity index (χ1) is 16.5. The number of hydrazone groups is 1. The van der Waals surface area contributed by atoms with Gasteiger partial charge in [0, 0.05) is 12.1 Å². The van der Waals surface area contributed by atoms with E-state index in [-0.39, 0.29) is 30.0 Å². The zero-order valence-corrected chi connectivity index (χ0v) is 21.1. The number of nitrogens with zero attached hydrogens (tertiary/aromatic N) is 2. The molecular formula is C23H30N4O7S. The van der Waals surface area contributed by atoms with Crippen molar-refractivity contribution in [2.45, 2.75) is 19.9 Å². The number of amides is 2. The summed E-state index contributed by atoms with van der Waals surface area (Å²) < 4.78 is 41.4. The Bertz CT molecular complexity index is 1150. The van der Waals surface area contributed by atoms with E-state index < -0.39 is 22.5 Å². The van der Waals surface area contributed by atoms with Crippen molar-refractivity contribution in [2.24, 2.45) is 5.10 Å². The van der Waals surface area contributed by atoms with E-state index in [2.05, 4.69) is 15.8 Å². The predicted octanol–water partition coefficient (Wildman–Crippen LogP) is 1.52. The summed E-state index contributed by atoms with van der Waals surface area (Å²) in [7, 11) is -0.946. The highest BCUT2D eigenvalue weighted by Crippen LogP contribution is 2.33. The zero-order chi connectivity index (χ0) is 26.0. The number of anilines is 1. The molecule has 0 heterocycles. The molecule has 2 aromatic carbocycles. The lowest BCUT2D eigenvalue weighted by atomic mass is 10.2. The highest BCUT2D eigenvalue weighted by Gasteiger charge is 2.24. The van der Waals surface area contributed by atoms with Crippen LogP contribution in [0.3, 0.4) is 0 Å². The molecule has 2 rings (SSSR count). The molecule has 0 saturated carbocycles. The van der Waals surface area contributed by atoms with E-state index in [1.54, 1.807) is 30.3 Å². The van der Waals surface area contributed by atoms with E-state index in [0.29, 0.717) is 17.1 Å². The summed E-state index contributed by atoms with van der Waals surface area (Å²) >= 11 is 0. The van der Waals surface area contributed by atoms with E-state index in [1.165, 1.54) is 32.6 Å². The highest BCUT2D eigenvalue weighted by molar-refractivity contribution is 7.92. The van der Waals surface area contributed by atoms with Gasteiger partial charge in [0.05, 0.1) is 32.4 Å². The summed E-state index contributed by atoms with van der Waals surface area (Å²) in [5, 5.41) is 6.60. The maximum Gasteiger partial charge on any atom is 0.260 e. The maximum absolute atomic E-state index is 12.4. The molecule has 0 bridgehead atoms. The van der Waals surface area contributed by atoms with Crippen LogP contribution < -0.4 is 29.3 Å². The summed E-state index contributed by atoms with van der Waals surface area (Å²) in [4.78, 5) is 24.1. The van der Waals surface area contributed by atoms with Crippen molar-refractivity contribution in [2.75, 3.05) is 37.9 Å². The van der Waals surface area contributed by atoms with Crippen LogP contribution in [0.4, 0.5) is 5.69 Å². The van der Waals surface area contributed by atoms with Crippen molar-refractivity contribution in [3.05, 3.63) is 48.0 Å². The predicted molar refractivity (Wildman–Crippen MR) is 133 cm³/mol. The maximum atomic E-state index is 12.4. The first-order valence-corrected chi connectivity index (χ1v) is 12.4. The molecule has 12 heteroatoms. The Morgan fingerprint density at radius 1 is 1.03 bits per heavy atom. The molecule has 190 valence electrons. The van der Waals surface area contributed by atoms with E-state index >= 15 is 0 Å². The minimum atomic E-state index is -3.81. The average molecular weight is 507 g/mol. The standard InChI is InChI=1S/C23H30N4O7S/c1-16(2)25-23(29)15-34-18-8-6-17(7-9-18)13-24-26-22(28)14-27(35(5,30)31)20-11-10-19(32-3)12-21(20)33-4/h6-13,16H,14-15H2,1-5H3,(H,25,29)(H,26,28)/b24-13-. The van der Waals surface area contributed by atoms with Gasteiger partial charge in [0.1, 0.15) is 23.8 Å². The summed E-state index contributed by atoms with van der Waals surface area (Å²) in [6.45, 7) is 3.11. The van der Waals surface area contributed by atoms with Gasteiger partial charge in [0.2, 0.25) is 10.0 Å². The number of nitrogens with one attached hydrogen (secondary N) is 2. The zero-order valence-electron chi connectivity index (χ0n) is 20.3. The van der Waals surface area contributed by atoms with Crippen LogP contribution in [0.5, 0.6) is 17.2 Å². The lowest BCUT2D eigenvalue weighted by Gasteiger charge is -2.23. The van der Waals surface area contributed by atoms with Crippen molar-refractivity contribution in [3.63, 3.8) is 0 Å². The molecule has 2 amide bonds. The van der Waals surface area contributed by atoms with E-state index in [4.69, 9.17) is 14.2 Å². The first kappa shape index (κ1) is 27.4. The van der Waals surface area contributed by atoms with E-state index in [0.717, 1.165) is 10.6 Å². The van der Waals surface area contributed by atoms with Crippen molar-refractivity contribution in [1.82, 2.24) is 10.7 Å². The molecule has 0 aliphatic rings. The quantitative estimate of drug-likeness (QED) is 0.329. The van der Waals surface area contributed by atoms with Crippen molar-refractivity contribution in [3.8, 4) is 17.2 Å². The van der Waals surface area contributed by atoms with Gasteiger partial charge < -0.3 is 19.5 Å². The minimum absolute atomic E-state index is 0.0302. The molecule has 0 unspecified atom stereocenters. The Labute approximate surface area is 205 Å². The second-order valence-corrected chi connectivity index (χ2v) is 9.59. The number of hydrogen-bond acceptors (Lipinski definition) is 8. The van der Waals surface area contributed by atoms with Gasteiger partial charge in [-0.05, 0) is 55.8 Å². The van der Waals surface area contributed by atoms with Crippen molar-refractivity contribution in [1.29, 1.82) is 0 Å².